The zero-order valence-electron chi connectivity index (χ0n) is 15.9. The highest BCUT2D eigenvalue weighted by Crippen LogP contribution is 2.33. The van der Waals surface area contributed by atoms with Crippen LogP contribution in [0, 0.1) is 11.8 Å². The van der Waals surface area contributed by atoms with Gasteiger partial charge in [-0.05, 0) is 43.7 Å². The number of alkyl halides is 3. The van der Waals surface area contributed by atoms with Crippen molar-refractivity contribution >= 4 is 28.2 Å². The predicted molar refractivity (Wildman–Crippen MR) is 101 cm³/mol. The SMILES string of the molecule is CC(C)C[C@@H](/C=C/C(=O)Nc1nnc(C(F)(F)F)s1)CC(=O)[C@@H]1CCCCN1. The summed E-state index contributed by atoms with van der Waals surface area (Å²) in [5.74, 6) is -0.235. The van der Waals surface area contributed by atoms with Gasteiger partial charge in [0.15, 0.2) is 0 Å². The number of carbonyl (C=O) groups is 2. The van der Waals surface area contributed by atoms with Gasteiger partial charge in [-0.3, -0.25) is 14.9 Å². The minimum atomic E-state index is -4.59. The Morgan fingerprint density at radius 2 is 2.07 bits per heavy atom. The summed E-state index contributed by atoms with van der Waals surface area (Å²) >= 11 is 0.267. The van der Waals surface area contributed by atoms with Crippen molar-refractivity contribution < 1.29 is 22.8 Å². The van der Waals surface area contributed by atoms with Crippen molar-refractivity contribution in [3.63, 3.8) is 0 Å². The first-order valence-electron chi connectivity index (χ1n) is 9.31. The number of amides is 1. The van der Waals surface area contributed by atoms with Gasteiger partial charge in [-0.2, -0.15) is 13.2 Å². The molecular weight excluding hydrogens is 393 g/mol. The van der Waals surface area contributed by atoms with E-state index in [0.29, 0.717) is 12.3 Å². The number of hydrogen-bond donors (Lipinski definition) is 2. The van der Waals surface area contributed by atoms with Crippen LogP contribution in [0.25, 0.3) is 0 Å². The van der Waals surface area contributed by atoms with E-state index in [1.807, 2.05) is 13.8 Å². The van der Waals surface area contributed by atoms with E-state index in [1.54, 1.807) is 6.08 Å². The minimum absolute atomic E-state index is 0.109. The Morgan fingerprint density at radius 1 is 1.32 bits per heavy atom. The Kier molecular flexibility index (Phi) is 8.11. The summed E-state index contributed by atoms with van der Waals surface area (Å²) in [6, 6.07) is -0.132. The molecule has 1 aromatic rings. The first-order chi connectivity index (χ1) is 13.1. The molecule has 0 aromatic carbocycles. The highest BCUT2D eigenvalue weighted by Gasteiger charge is 2.35. The van der Waals surface area contributed by atoms with Gasteiger partial charge in [0.25, 0.3) is 0 Å². The lowest BCUT2D eigenvalue weighted by molar-refractivity contribution is -0.138. The molecule has 0 aliphatic carbocycles. The Bertz CT molecular complexity index is 697. The topological polar surface area (TPSA) is 84.0 Å². The van der Waals surface area contributed by atoms with Crippen LogP contribution in [0.2, 0.25) is 0 Å². The van der Waals surface area contributed by atoms with E-state index in [1.165, 1.54) is 6.08 Å². The van der Waals surface area contributed by atoms with Gasteiger partial charge in [-0.25, -0.2) is 0 Å². The zero-order chi connectivity index (χ0) is 20.7. The lowest BCUT2D eigenvalue weighted by Gasteiger charge is -2.24. The summed E-state index contributed by atoms with van der Waals surface area (Å²) in [6.45, 7) is 4.90. The summed E-state index contributed by atoms with van der Waals surface area (Å²) in [5.41, 5.74) is 0. The fourth-order valence-electron chi connectivity index (χ4n) is 3.12. The highest BCUT2D eigenvalue weighted by molar-refractivity contribution is 7.15. The largest absolute Gasteiger partial charge is 0.445 e. The number of hydrogen-bond acceptors (Lipinski definition) is 6. The average molecular weight is 418 g/mol. The Balaban J connectivity index is 1.94. The standard InChI is InChI=1S/C18H25F3N4O2S/c1-11(2)9-12(10-14(26)13-5-3-4-8-22-13)6-7-15(27)23-17-25-24-16(28-17)18(19,20)21/h6-7,11-13,22H,3-5,8-10H2,1-2H3,(H,23,25,27)/b7-6+/t12-,13+/m1/s1. The minimum Gasteiger partial charge on any atom is -0.307 e. The maximum absolute atomic E-state index is 12.5. The number of rotatable bonds is 8. The van der Waals surface area contributed by atoms with E-state index < -0.39 is 17.1 Å². The van der Waals surface area contributed by atoms with Crippen molar-refractivity contribution in [1.29, 1.82) is 0 Å². The number of halogens is 3. The molecular formula is C18H25F3N4O2S. The molecule has 1 amide bonds. The second kappa shape index (κ2) is 10.1. The quantitative estimate of drug-likeness (QED) is 0.627. The molecule has 2 rings (SSSR count). The third kappa shape index (κ3) is 7.31. The van der Waals surface area contributed by atoms with Gasteiger partial charge in [0.2, 0.25) is 16.0 Å². The zero-order valence-corrected chi connectivity index (χ0v) is 16.7. The van der Waals surface area contributed by atoms with E-state index >= 15 is 0 Å². The van der Waals surface area contributed by atoms with Crippen LogP contribution >= 0.6 is 11.3 Å². The van der Waals surface area contributed by atoms with E-state index in [2.05, 4.69) is 20.8 Å². The number of nitrogens with zero attached hydrogens (tertiary/aromatic N) is 2. The number of aromatic nitrogens is 2. The Labute approximate surface area is 166 Å². The number of anilines is 1. The lowest BCUT2D eigenvalue weighted by atomic mass is 9.88. The number of Topliss-reactive ketones (excluding diaryl/α,β-unsaturated/α-hetero) is 1. The molecule has 0 unspecified atom stereocenters. The Morgan fingerprint density at radius 3 is 2.64 bits per heavy atom. The number of ketones is 1. The first kappa shape index (κ1) is 22.5. The van der Waals surface area contributed by atoms with Crippen molar-refractivity contribution in [2.24, 2.45) is 11.8 Å². The maximum atomic E-state index is 12.5. The van der Waals surface area contributed by atoms with Crippen molar-refractivity contribution in [3.05, 3.63) is 17.2 Å². The third-order valence-corrected chi connectivity index (χ3v) is 5.24. The fraction of sp³-hybridized carbons (Fsp3) is 0.667. The summed E-state index contributed by atoms with van der Waals surface area (Å²) < 4.78 is 37.6. The van der Waals surface area contributed by atoms with Gasteiger partial charge in [-0.15, -0.1) is 10.2 Å². The first-order valence-corrected chi connectivity index (χ1v) is 10.1. The summed E-state index contributed by atoms with van der Waals surface area (Å²) in [6.07, 6.45) is 2.31. The van der Waals surface area contributed by atoms with Crippen LogP contribution in [0.1, 0.15) is 51.0 Å². The van der Waals surface area contributed by atoms with Gasteiger partial charge in [0.05, 0.1) is 6.04 Å². The van der Waals surface area contributed by atoms with Crippen molar-refractivity contribution in [2.75, 3.05) is 11.9 Å². The molecule has 1 fully saturated rings. The fourth-order valence-corrected chi connectivity index (χ4v) is 3.74. The molecule has 2 heterocycles. The van der Waals surface area contributed by atoms with Crippen LogP contribution in [0.15, 0.2) is 12.2 Å². The summed E-state index contributed by atoms with van der Waals surface area (Å²) in [5, 5.41) is 10.5. The van der Waals surface area contributed by atoms with Crippen molar-refractivity contribution in [2.45, 2.75) is 58.2 Å². The molecule has 156 valence electrons. The Hall–Kier alpha value is -1.81. The molecule has 10 heteroatoms. The normalized spacial score (nSPS) is 19.1. The van der Waals surface area contributed by atoms with Gasteiger partial charge < -0.3 is 5.32 Å². The van der Waals surface area contributed by atoms with Crippen molar-refractivity contribution in [3.8, 4) is 0 Å². The molecule has 2 N–H and O–H groups in total. The second-order valence-corrected chi connectivity index (χ2v) is 8.30. The van der Waals surface area contributed by atoms with Crippen molar-refractivity contribution in [1.82, 2.24) is 15.5 Å². The molecule has 28 heavy (non-hydrogen) atoms. The van der Waals surface area contributed by atoms with Gasteiger partial charge in [0, 0.05) is 6.42 Å². The summed E-state index contributed by atoms with van der Waals surface area (Å²) in [4.78, 5) is 24.5. The number of nitrogens with one attached hydrogen (secondary N) is 2. The number of allylic oxidation sites excluding steroid dienone is 1. The highest BCUT2D eigenvalue weighted by atomic mass is 32.1. The smallest absolute Gasteiger partial charge is 0.307 e. The van der Waals surface area contributed by atoms with Gasteiger partial charge in [0.1, 0.15) is 5.78 Å². The molecule has 1 aliphatic rings. The molecule has 6 nitrogen and oxygen atoms in total. The monoisotopic (exact) mass is 418 g/mol. The molecule has 0 radical (unpaired) electrons. The van der Waals surface area contributed by atoms with Crippen LogP contribution < -0.4 is 10.6 Å². The van der Waals surface area contributed by atoms with Gasteiger partial charge in [-0.1, -0.05) is 37.7 Å². The third-order valence-electron chi connectivity index (χ3n) is 4.35. The van der Waals surface area contributed by atoms with E-state index in [4.69, 9.17) is 0 Å². The van der Waals surface area contributed by atoms with Crippen LogP contribution in [0.4, 0.5) is 18.3 Å². The number of carbonyl (C=O) groups excluding carboxylic acids is 2. The average Bonchev–Trinajstić information content (AvgIpc) is 3.09. The maximum Gasteiger partial charge on any atom is 0.445 e. The number of piperidine rings is 1. The van der Waals surface area contributed by atoms with Gasteiger partial charge >= 0.3 is 6.18 Å². The summed E-state index contributed by atoms with van der Waals surface area (Å²) in [7, 11) is 0. The van der Waals surface area contributed by atoms with E-state index in [-0.39, 0.29) is 34.2 Å². The molecule has 0 bridgehead atoms. The predicted octanol–water partition coefficient (Wildman–Crippen LogP) is 3.82. The molecule has 0 spiro atoms. The lowest BCUT2D eigenvalue weighted by Crippen LogP contribution is -2.41. The van der Waals surface area contributed by atoms with Crippen LogP contribution in [0.5, 0.6) is 0 Å². The molecule has 0 saturated carbocycles. The van der Waals surface area contributed by atoms with E-state index in [0.717, 1.165) is 32.2 Å². The second-order valence-electron chi connectivity index (χ2n) is 7.32. The molecule has 1 aromatic heterocycles. The van der Waals surface area contributed by atoms with E-state index in [9.17, 15) is 22.8 Å². The molecule has 1 saturated heterocycles. The van der Waals surface area contributed by atoms with Crippen LogP contribution in [0.3, 0.4) is 0 Å². The van der Waals surface area contributed by atoms with Crippen LogP contribution in [-0.2, 0) is 15.8 Å². The molecule has 2 atom stereocenters. The van der Waals surface area contributed by atoms with Crippen LogP contribution in [-0.4, -0.2) is 34.5 Å². The molecule has 1 aliphatic heterocycles.